The average Bonchev–Trinajstić information content (AvgIpc) is 2.77. The number of rotatable bonds is 5. The quantitative estimate of drug-likeness (QED) is 0.794. The molecule has 1 aliphatic rings. The fourth-order valence-electron chi connectivity index (χ4n) is 2.29. The third-order valence-electron chi connectivity index (χ3n) is 3.35. The van der Waals surface area contributed by atoms with Gasteiger partial charge in [-0.3, -0.25) is 4.90 Å². The molecule has 2 rings (SSSR count). The Morgan fingerprint density at radius 1 is 1.50 bits per heavy atom. The summed E-state index contributed by atoms with van der Waals surface area (Å²) < 4.78 is 2.13. The number of hydrogen-bond acceptors (Lipinski definition) is 4. The van der Waals surface area contributed by atoms with Crippen LogP contribution in [-0.2, 0) is 13.1 Å². The maximum Gasteiger partial charge on any atom is 0.147 e. The summed E-state index contributed by atoms with van der Waals surface area (Å²) in [6, 6.07) is 0.505. The first kappa shape index (κ1) is 11.5. The highest BCUT2D eigenvalue weighted by Crippen LogP contribution is 2.15. The summed E-state index contributed by atoms with van der Waals surface area (Å²) in [5.74, 6) is 1.07. The highest BCUT2D eigenvalue weighted by molar-refractivity contribution is 4.91. The minimum absolute atomic E-state index is 0.505. The molecule has 2 heterocycles. The van der Waals surface area contributed by atoms with Crippen molar-refractivity contribution in [2.45, 2.75) is 45.3 Å². The largest absolute Gasteiger partial charge is 0.329 e. The van der Waals surface area contributed by atoms with Crippen LogP contribution < -0.4 is 5.73 Å². The van der Waals surface area contributed by atoms with Gasteiger partial charge in [-0.15, -0.1) is 10.2 Å². The van der Waals surface area contributed by atoms with E-state index in [1.54, 1.807) is 0 Å². The van der Waals surface area contributed by atoms with E-state index in [2.05, 4.69) is 26.6 Å². The zero-order valence-corrected chi connectivity index (χ0v) is 9.97. The molecule has 90 valence electrons. The van der Waals surface area contributed by atoms with Crippen LogP contribution in [0, 0.1) is 0 Å². The van der Waals surface area contributed by atoms with Crippen molar-refractivity contribution in [3.63, 3.8) is 0 Å². The van der Waals surface area contributed by atoms with E-state index in [0.29, 0.717) is 6.04 Å². The fourth-order valence-corrected chi connectivity index (χ4v) is 2.29. The van der Waals surface area contributed by atoms with Gasteiger partial charge in [-0.25, -0.2) is 0 Å². The van der Waals surface area contributed by atoms with Crippen LogP contribution in [0.1, 0.15) is 32.0 Å². The molecule has 0 aromatic carbocycles. The summed E-state index contributed by atoms with van der Waals surface area (Å²) in [4.78, 5) is 2.44. The van der Waals surface area contributed by atoms with E-state index in [1.165, 1.54) is 19.3 Å². The Kier molecular flexibility index (Phi) is 3.90. The fraction of sp³-hybridized carbons (Fsp3) is 0.818. The average molecular weight is 223 g/mol. The second-order valence-electron chi connectivity index (χ2n) is 4.44. The molecule has 5 nitrogen and oxygen atoms in total. The number of unbranched alkanes of at least 4 members (excludes halogenated alkanes) is 1. The molecular formula is C11H21N5. The van der Waals surface area contributed by atoms with Gasteiger partial charge in [0.2, 0.25) is 0 Å². The van der Waals surface area contributed by atoms with Crippen molar-refractivity contribution in [1.29, 1.82) is 0 Å². The molecule has 1 aliphatic heterocycles. The van der Waals surface area contributed by atoms with Crippen molar-refractivity contribution in [3.8, 4) is 0 Å². The number of aromatic nitrogens is 3. The number of fused-ring (bicyclic) bond motifs is 1. The van der Waals surface area contributed by atoms with Crippen molar-refractivity contribution in [2.24, 2.45) is 5.73 Å². The van der Waals surface area contributed by atoms with Crippen LogP contribution in [0.5, 0.6) is 0 Å². The van der Waals surface area contributed by atoms with Gasteiger partial charge < -0.3 is 10.3 Å². The van der Waals surface area contributed by atoms with E-state index in [9.17, 15) is 0 Å². The van der Waals surface area contributed by atoms with Crippen molar-refractivity contribution in [3.05, 3.63) is 12.2 Å². The van der Waals surface area contributed by atoms with Crippen LogP contribution in [0.2, 0.25) is 0 Å². The first-order valence-electron chi connectivity index (χ1n) is 6.16. The standard InChI is InChI=1S/C11H21N5/c1-2-3-4-10(7-12)15-5-6-16-9-13-14-11(16)8-15/h9-10H,2-8,12H2,1H3. The third-order valence-corrected chi connectivity index (χ3v) is 3.35. The van der Waals surface area contributed by atoms with E-state index < -0.39 is 0 Å². The number of nitrogens with zero attached hydrogens (tertiary/aromatic N) is 4. The predicted octanol–water partition coefficient (Wildman–Crippen LogP) is 0.611. The highest BCUT2D eigenvalue weighted by Gasteiger charge is 2.22. The summed E-state index contributed by atoms with van der Waals surface area (Å²) in [5, 5.41) is 8.08. The van der Waals surface area contributed by atoms with E-state index in [0.717, 1.165) is 32.0 Å². The summed E-state index contributed by atoms with van der Waals surface area (Å²) >= 11 is 0. The van der Waals surface area contributed by atoms with Crippen molar-refractivity contribution in [2.75, 3.05) is 13.1 Å². The molecule has 1 atom stereocenters. The molecule has 0 aliphatic carbocycles. The van der Waals surface area contributed by atoms with Crippen LogP contribution >= 0.6 is 0 Å². The zero-order valence-electron chi connectivity index (χ0n) is 9.97. The first-order chi connectivity index (χ1) is 7.85. The lowest BCUT2D eigenvalue weighted by atomic mass is 10.1. The van der Waals surface area contributed by atoms with Crippen LogP contribution in [0.25, 0.3) is 0 Å². The van der Waals surface area contributed by atoms with Gasteiger partial charge in [0.1, 0.15) is 12.2 Å². The van der Waals surface area contributed by atoms with Crippen molar-refractivity contribution >= 4 is 0 Å². The molecule has 0 fully saturated rings. The van der Waals surface area contributed by atoms with Gasteiger partial charge >= 0.3 is 0 Å². The Morgan fingerprint density at radius 3 is 3.12 bits per heavy atom. The Bertz CT molecular complexity index is 322. The summed E-state index contributed by atoms with van der Waals surface area (Å²) in [7, 11) is 0. The van der Waals surface area contributed by atoms with E-state index in [1.807, 2.05) is 6.33 Å². The molecule has 2 N–H and O–H groups in total. The number of nitrogens with two attached hydrogens (primary N) is 1. The molecule has 1 aromatic heterocycles. The van der Waals surface area contributed by atoms with Gasteiger partial charge in [-0.05, 0) is 6.42 Å². The summed E-state index contributed by atoms with van der Waals surface area (Å²) in [5.41, 5.74) is 5.86. The SMILES string of the molecule is CCCCC(CN)N1CCn2cnnc2C1. The molecule has 1 unspecified atom stereocenters. The predicted molar refractivity (Wildman–Crippen MR) is 62.8 cm³/mol. The van der Waals surface area contributed by atoms with Crippen LogP contribution in [0.4, 0.5) is 0 Å². The Morgan fingerprint density at radius 2 is 2.38 bits per heavy atom. The van der Waals surface area contributed by atoms with Gasteiger partial charge in [0.15, 0.2) is 0 Å². The van der Waals surface area contributed by atoms with Gasteiger partial charge in [0.25, 0.3) is 0 Å². The second-order valence-corrected chi connectivity index (χ2v) is 4.44. The summed E-state index contributed by atoms with van der Waals surface area (Å²) in [6.45, 7) is 5.92. The van der Waals surface area contributed by atoms with Gasteiger partial charge in [0.05, 0.1) is 6.54 Å². The lowest BCUT2D eigenvalue weighted by Crippen LogP contribution is -2.44. The Hall–Kier alpha value is -0.940. The minimum atomic E-state index is 0.505. The minimum Gasteiger partial charge on any atom is -0.329 e. The molecule has 0 bridgehead atoms. The Balaban J connectivity index is 1.95. The zero-order chi connectivity index (χ0) is 11.4. The van der Waals surface area contributed by atoms with E-state index in [-0.39, 0.29) is 0 Å². The first-order valence-corrected chi connectivity index (χ1v) is 6.16. The van der Waals surface area contributed by atoms with E-state index >= 15 is 0 Å². The van der Waals surface area contributed by atoms with Crippen molar-refractivity contribution in [1.82, 2.24) is 19.7 Å². The molecule has 0 radical (unpaired) electrons. The normalized spacial score (nSPS) is 18.4. The molecule has 0 saturated carbocycles. The molecule has 5 heteroatoms. The van der Waals surface area contributed by atoms with Gasteiger partial charge in [-0.1, -0.05) is 19.8 Å². The highest BCUT2D eigenvalue weighted by atomic mass is 15.3. The number of hydrogen-bond donors (Lipinski definition) is 1. The molecular weight excluding hydrogens is 202 g/mol. The molecule has 0 amide bonds. The monoisotopic (exact) mass is 223 g/mol. The van der Waals surface area contributed by atoms with Gasteiger partial charge in [0, 0.05) is 25.7 Å². The maximum absolute atomic E-state index is 5.86. The van der Waals surface area contributed by atoms with Gasteiger partial charge in [-0.2, -0.15) is 0 Å². The third kappa shape index (κ3) is 2.41. The molecule has 16 heavy (non-hydrogen) atoms. The second kappa shape index (κ2) is 5.41. The lowest BCUT2D eigenvalue weighted by Gasteiger charge is -2.33. The summed E-state index contributed by atoms with van der Waals surface area (Å²) in [6.07, 6.45) is 5.50. The molecule has 0 saturated heterocycles. The van der Waals surface area contributed by atoms with E-state index in [4.69, 9.17) is 5.73 Å². The maximum atomic E-state index is 5.86. The van der Waals surface area contributed by atoms with Crippen LogP contribution in [-0.4, -0.2) is 38.8 Å². The molecule has 0 spiro atoms. The van der Waals surface area contributed by atoms with Crippen molar-refractivity contribution < 1.29 is 0 Å². The smallest absolute Gasteiger partial charge is 0.147 e. The lowest BCUT2D eigenvalue weighted by molar-refractivity contribution is 0.146. The Labute approximate surface area is 96.6 Å². The van der Waals surface area contributed by atoms with Crippen LogP contribution in [0.3, 0.4) is 0 Å². The topological polar surface area (TPSA) is 60.0 Å². The molecule has 1 aromatic rings. The van der Waals surface area contributed by atoms with Crippen LogP contribution in [0.15, 0.2) is 6.33 Å².